The van der Waals surface area contributed by atoms with Crippen LogP contribution >= 0.6 is 27.3 Å². The molecular formula is C10H9BrF3N3S. The van der Waals surface area contributed by atoms with Crippen molar-refractivity contribution in [3.05, 3.63) is 17.8 Å². The second kappa shape index (κ2) is 5.40. The molecule has 0 radical (unpaired) electrons. The van der Waals surface area contributed by atoms with Crippen molar-refractivity contribution < 1.29 is 13.2 Å². The van der Waals surface area contributed by atoms with Gasteiger partial charge in [-0.25, -0.2) is 9.97 Å². The number of anilines is 1. The standard InChI is InChI=1S/C10H9BrF3N3S/c11-2-3-17(5-10(12,13)14)9-8-7(1-4-18-8)15-6-16-9/h1,4,6H,2-3,5H2. The van der Waals surface area contributed by atoms with Crippen LogP contribution in [0.2, 0.25) is 0 Å². The number of hydrogen-bond donors (Lipinski definition) is 0. The number of hydrogen-bond acceptors (Lipinski definition) is 4. The zero-order chi connectivity index (χ0) is 13.2. The molecule has 8 heteroatoms. The zero-order valence-electron chi connectivity index (χ0n) is 9.12. The third kappa shape index (κ3) is 3.11. The maximum atomic E-state index is 12.5. The molecule has 0 amide bonds. The summed E-state index contributed by atoms with van der Waals surface area (Å²) in [7, 11) is 0. The van der Waals surface area contributed by atoms with Crippen molar-refractivity contribution in [1.29, 1.82) is 0 Å². The van der Waals surface area contributed by atoms with Crippen molar-refractivity contribution in [3.8, 4) is 0 Å². The summed E-state index contributed by atoms with van der Waals surface area (Å²) in [4.78, 5) is 9.22. The van der Waals surface area contributed by atoms with Gasteiger partial charge in [-0.1, -0.05) is 15.9 Å². The van der Waals surface area contributed by atoms with Crippen LogP contribution in [0.5, 0.6) is 0 Å². The topological polar surface area (TPSA) is 29.0 Å². The highest BCUT2D eigenvalue weighted by molar-refractivity contribution is 9.09. The first-order valence-corrected chi connectivity index (χ1v) is 7.07. The minimum atomic E-state index is -4.25. The van der Waals surface area contributed by atoms with E-state index in [-0.39, 0.29) is 6.54 Å². The van der Waals surface area contributed by atoms with Crippen LogP contribution in [0.15, 0.2) is 17.8 Å². The van der Waals surface area contributed by atoms with Crippen molar-refractivity contribution in [2.45, 2.75) is 6.18 Å². The molecule has 98 valence electrons. The van der Waals surface area contributed by atoms with Crippen LogP contribution in [-0.2, 0) is 0 Å². The fraction of sp³-hybridized carbons (Fsp3) is 0.400. The summed E-state index contributed by atoms with van der Waals surface area (Å²) in [5.74, 6) is 0.340. The molecule has 0 unspecified atom stereocenters. The number of halogens is 4. The zero-order valence-corrected chi connectivity index (χ0v) is 11.5. The van der Waals surface area contributed by atoms with Crippen molar-refractivity contribution in [3.63, 3.8) is 0 Å². The van der Waals surface area contributed by atoms with Crippen LogP contribution in [-0.4, -0.2) is 34.6 Å². The number of rotatable bonds is 4. The molecule has 0 aliphatic carbocycles. The summed E-state index contributed by atoms with van der Waals surface area (Å²) < 4.78 is 38.3. The van der Waals surface area contributed by atoms with E-state index in [0.717, 1.165) is 0 Å². The second-order valence-electron chi connectivity index (χ2n) is 3.56. The Labute approximate surface area is 114 Å². The number of fused-ring (bicyclic) bond motifs is 1. The Morgan fingerprint density at radius 2 is 2.11 bits per heavy atom. The summed E-state index contributed by atoms with van der Waals surface area (Å²) in [6.07, 6.45) is -2.96. The summed E-state index contributed by atoms with van der Waals surface area (Å²) in [6.45, 7) is -0.772. The molecule has 0 aliphatic heterocycles. The molecule has 0 N–H and O–H groups in total. The minimum Gasteiger partial charge on any atom is -0.345 e. The van der Waals surface area contributed by atoms with Gasteiger partial charge in [0.1, 0.15) is 18.7 Å². The Balaban J connectivity index is 2.38. The lowest BCUT2D eigenvalue weighted by molar-refractivity contribution is -0.119. The normalized spacial score (nSPS) is 12.0. The van der Waals surface area contributed by atoms with Gasteiger partial charge in [0.15, 0.2) is 0 Å². The molecule has 3 nitrogen and oxygen atoms in total. The van der Waals surface area contributed by atoms with Gasteiger partial charge in [0.25, 0.3) is 0 Å². The van der Waals surface area contributed by atoms with Crippen LogP contribution < -0.4 is 4.90 Å². The van der Waals surface area contributed by atoms with Gasteiger partial charge >= 0.3 is 6.18 Å². The molecule has 2 aromatic rings. The fourth-order valence-electron chi connectivity index (χ4n) is 1.58. The third-order valence-electron chi connectivity index (χ3n) is 2.25. The number of thiophene rings is 1. The van der Waals surface area contributed by atoms with Gasteiger partial charge in [0.05, 0.1) is 10.2 Å². The van der Waals surface area contributed by atoms with Gasteiger partial charge in [-0.05, 0) is 11.4 Å². The van der Waals surface area contributed by atoms with Crippen molar-refractivity contribution in [2.24, 2.45) is 0 Å². The fourth-order valence-corrected chi connectivity index (χ4v) is 2.87. The molecule has 0 saturated carbocycles. The van der Waals surface area contributed by atoms with Crippen molar-refractivity contribution >= 4 is 43.3 Å². The van der Waals surface area contributed by atoms with E-state index in [1.165, 1.54) is 22.6 Å². The monoisotopic (exact) mass is 339 g/mol. The Hall–Kier alpha value is -0.890. The maximum Gasteiger partial charge on any atom is 0.405 e. The lowest BCUT2D eigenvalue weighted by Crippen LogP contribution is -2.36. The van der Waals surface area contributed by atoms with E-state index in [4.69, 9.17) is 0 Å². The predicted octanol–water partition coefficient (Wildman–Crippen LogP) is 3.45. The van der Waals surface area contributed by atoms with Crippen LogP contribution in [0.1, 0.15) is 0 Å². The largest absolute Gasteiger partial charge is 0.405 e. The average molecular weight is 340 g/mol. The molecule has 2 heterocycles. The number of alkyl halides is 4. The molecular weight excluding hydrogens is 331 g/mol. The maximum absolute atomic E-state index is 12.5. The summed E-state index contributed by atoms with van der Waals surface area (Å²) in [6, 6.07) is 1.77. The van der Waals surface area contributed by atoms with Gasteiger partial charge in [-0.2, -0.15) is 13.2 Å². The highest BCUT2D eigenvalue weighted by Gasteiger charge is 2.31. The highest BCUT2D eigenvalue weighted by Crippen LogP contribution is 2.29. The summed E-state index contributed by atoms with van der Waals surface area (Å²) in [5.41, 5.74) is 0.673. The third-order valence-corrected chi connectivity index (χ3v) is 3.50. The Morgan fingerprint density at radius 1 is 1.33 bits per heavy atom. The molecule has 18 heavy (non-hydrogen) atoms. The molecule has 2 rings (SSSR count). The molecule has 0 aliphatic rings. The summed E-state index contributed by atoms with van der Waals surface area (Å²) >= 11 is 4.51. The summed E-state index contributed by atoms with van der Waals surface area (Å²) in [5, 5.41) is 2.24. The lowest BCUT2D eigenvalue weighted by Gasteiger charge is -2.24. The van der Waals surface area contributed by atoms with E-state index in [9.17, 15) is 13.2 Å². The van der Waals surface area contributed by atoms with Crippen molar-refractivity contribution in [1.82, 2.24) is 9.97 Å². The van der Waals surface area contributed by atoms with Crippen LogP contribution in [0.4, 0.5) is 19.0 Å². The van der Waals surface area contributed by atoms with Gasteiger partial charge < -0.3 is 4.90 Å². The van der Waals surface area contributed by atoms with Gasteiger partial charge in [0.2, 0.25) is 0 Å². The predicted molar refractivity (Wildman–Crippen MR) is 69.5 cm³/mol. The molecule has 0 bridgehead atoms. The first-order valence-electron chi connectivity index (χ1n) is 5.07. The average Bonchev–Trinajstić information content (AvgIpc) is 2.74. The first-order chi connectivity index (χ1) is 8.51. The van der Waals surface area contributed by atoms with Crippen molar-refractivity contribution in [2.75, 3.05) is 23.3 Å². The molecule has 0 spiro atoms. The van der Waals surface area contributed by atoms with E-state index >= 15 is 0 Å². The van der Waals surface area contributed by atoms with Gasteiger partial charge in [-0.15, -0.1) is 11.3 Å². The van der Waals surface area contributed by atoms with Gasteiger partial charge in [-0.3, -0.25) is 0 Å². The van der Waals surface area contributed by atoms with E-state index in [1.54, 1.807) is 11.4 Å². The molecule has 0 aromatic carbocycles. The van der Waals surface area contributed by atoms with Crippen LogP contribution in [0.3, 0.4) is 0 Å². The molecule has 0 atom stereocenters. The second-order valence-corrected chi connectivity index (χ2v) is 5.27. The minimum absolute atomic E-state index is 0.240. The van der Waals surface area contributed by atoms with E-state index in [2.05, 4.69) is 25.9 Å². The van der Waals surface area contributed by atoms with E-state index in [0.29, 0.717) is 21.4 Å². The Kier molecular flexibility index (Phi) is 4.06. The first kappa shape index (κ1) is 13.5. The van der Waals surface area contributed by atoms with E-state index in [1.807, 2.05) is 0 Å². The quantitative estimate of drug-likeness (QED) is 0.799. The van der Waals surface area contributed by atoms with Gasteiger partial charge in [0, 0.05) is 11.9 Å². The van der Waals surface area contributed by atoms with Crippen LogP contribution in [0.25, 0.3) is 10.2 Å². The lowest BCUT2D eigenvalue weighted by atomic mass is 10.4. The Morgan fingerprint density at radius 3 is 2.78 bits per heavy atom. The molecule has 0 saturated heterocycles. The van der Waals surface area contributed by atoms with E-state index < -0.39 is 12.7 Å². The number of nitrogens with zero attached hydrogens (tertiary/aromatic N) is 3. The SMILES string of the molecule is FC(F)(F)CN(CCBr)c1ncnc2ccsc12. The smallest absolute Gasteiger partial charge is 0.345 e. The highest BCUT2D eigenvalue weighted by atomic mass is 79.9. The molecule has 2 aromatic heterocycles. The Bertz CT molecular complexity index is 528. The van der Waals surface area contributed by atoms with Crippen LogP contribution in [0, 0.1) is 0 Å². The number of aromatic nitrogens is 2. The molecule has 0 fully saturated rings.